The Morgan fingerprint density at radius 2 is 1.37 bits per heavy atom. The van der Waals surface area contributed by atoms with E-state index in [1.54, 1.807) is 24.7 Å². The van der Waals surface area contributed by atoms with Gasteiger partial charge in [0.25, 0.3) is 0 Å². The van der Waals surface area contributed by atoms with Gasteiger partial charge >= 0.3 is 0 Å². The second-order valence-corrected chi connectivity index (χ2v) is 6.96. The van der Waals surface area contributed by atoms with Crippen molar-refractivity contribution in [2.45, 2.75) is 6.04 Å². The second kappa shape index (κ2) is 16.8. The Labute approximate surface area is 221 Å². The van der Waals surface area contributed by atoms with Crippen molar-refractivity contribution in [1.82, 2.24) is 9.97 Å². The van der Waals surface area contributed by atoms with Crippen LogP contribution in [-0.2, 0) is 20.1 Å². The average Bonchev–Trinajstić information content (AvgIpc) is 3.45. The fraction of sp³-hybridized carbons (Fsp3) is 0.0667. The van der Waals surface area contributed by atoms with Crippen LogP contribution < -0.4 is 0 Å². The Morgan fingerprint density at radius 1 is 0.800 bits per heavy atom. The van der Waals surface area contributed by atoms with E-state index < -0.39 is 0 Å². The van der Waals surface area contributed by atoms with Crippen LogP contribution in [-0.4, -0.2) is 35.0 Å². The van der Waals surface area contributed by atoms with Crippen molar-refractivity contribution in [3.05, 3.63) is 134 Å². The van der Waals surface area contributed by atoms with Crippen LogP contribution in [0.4, 0.5) is 0 Å². The summed E-state index contributed by atoms with van der Waals surface area (Å²) in [5.74, 6) is 0. The number of aliphatic imine (C=N–C) groups is 2. The van der Waals surface area contributed by atoms with Gasteiger partial charge in [0.2, 0.25) is 0 Å². The Kier molecular flexibility index (Phi) is 13.2. The van der Waals surface area contributed by atoms with Crippen molar-refractivity contribution in [2.75, 3.05) is 6.54 Å². The molecule has 0 saturated carbocycles. The van der Waals surface area contributed by atoms with E-state index in [1.165, 1.54) is 0 Å². The summed E-state index contributed by atoms with van der Waals surface area (Å²) in [6, 6.07) is 33.8. The normalized spacial score (nSPS) is 13.1. The minimum atomic E-state index is 0. The molecular weight excluding hydrogens is 609 g/mol. The molecule has 0 N–H and O–H groups in total. The van der Waals surface area contributed by atoms with E-state index in [2.05, 4.69) is 38.7 Å². The molecule has 1 radical (unpaired) electrons. The van der Waals surface area contributed by atoms with E-state index in [0.717, 1.165) is 22.5 Å². The number of hydrogen-bond acceptors (Lipinski definition) is 4. The maximum absolute atomic E-state index is 4.22. The molecule has 4 aromatic rings. The molecule has 0 spiro atoms. The van der Waals surface area contributed by atoms with Crippen molar-refractivity contribution >= 4 is 12.4 Å². The van der Waals surface area contributed by atoms with E-state index in [1.807, 2.05) is 103 Å². The van der Waals surface area contributed by atoms with E-state index in [0.29, 0.717) is 6.54 Å². The monoisotopic (exact) mass is 635 g/mol. The SMILES string of the molecule is C=CCN=CC1C=CC=N1.[Ir].[c-]1ccccc1-c1ccccn1.[c-]1ccccc1-c1ccccn1. The summed E-state index contributed by atoms with van der Waals surface area (Å²) in [5.41, 5.74) is 4.02. The molecule has 1 unspecified atom stereocenters. The number of pyridine rings is 2. The molecule has 0 bridgehead atoms. The third kappa shape index (κ3) is 10.3. The molecule has 177 valence electrons. The summed E-state index contributed by atoms with van der Waals surface area (Å²) < 4.78 is 0. The molecule has 0 aliphatic carbocycles. The molecule has 0 saturated heterocycles. The zero-order valence-corrected chi connectivity index (χ0v) is 21.6. The molecule has 5 rings (SSSR count). The zero-order valence-electron chi connectivity index (χ0n) is 19.2. The molecule has 5 heteroatoms. The fourth-order valence-electron chi connectivity index (χ4n) is 2.84. The Balaban J connectivity index is 0.000000184. The number of rotatable bonds is 5. The zero-order chi connectivity index (χ0) is 23.7. The van der Waals surface area contributed by atoms with Crippen LogP contribution in [0.5, 0.6) is 0 Å². The minimum Gasteiger partial charge on any atom is -0.305 e. The van der Waals surface area contributed by atoms with Gasteiger partial charge in [0.05, 0.1) is 6.54 Å². The van der Waals surface area contributed by atoms with Gasteiger partial charge in [-0.25, -0.2) is 0 Å². The van der Waals surface area contributed by atoms with E-state index in [-0.39, 0.29) is 26.1 Å². The minimum absolute atomic E-state index is 0. The first-order chi connectivity index (χ1) is 16.9. The summed E-state index contributed by atoms with van der Waals surface area (Å²) in [6.45, 7) is 4.24. The van der Waals surface area contributed by atoms with Crippen LogP contribution in [0.1, 0.15) is 0 Å². The van der Waals surface area contributed by atoms with Gasteiger partial charge in [-0.05, 0) is 29.6 Å². The molecule has 4 nitrogen and oxygen atoms in total. The van der Waals surface area contributed by atoms with E-state index in [9.17, 15) is 0 Å². The average molecular weight is 635 g/mol. The van der Waals surface area contributed by atoms with Crippen LogP contribution in [0.25, 0.3) is 22.5 Å². The standard InChI is InChI=1S/2C11H8N.C8H10N2.Ir/c2*1-2-6-10(7-3-1)11-8-4-5-9-12-11;1-2-5-9-7-8-4-3-6-10-8;/h2*1-6,8-9H;2-4,6-8H,1,5H2;/q2*-1;;. The first-order valence-corrected chi connectivity index (χ1v) is 10.9. The summed E-state index contributed by atoms with van der Waals surface area (Å²) >= 11 is 0. The number of nitrogens with zero attached hydrogens (tertiary/aromatic N) is 4. The van der Waals surface area contributed by atoms with Crippen molar-refractivity contribution in [3.63, 3.8) is 0 Å². The van der Waals surface area contributed by atoms with Gasteiger partial charge in [0, 0.05) is 44.9 Å². The number of allylic oxidation sites excluding steroid dienone is 1. The van der Waals surface area contributed by atoms with Gasteiger partial charge in [-0.15, -0.1) is 78.4 Å². The quantitative estimate of drug-likeness (QED) is 0.146. The van der Waals surface area contributed by atoms with Gasteiger partial charge in [-0.1, -0.05) is 36.4 Å². The van der Waals surface area contributed by atoms with Crippen LogP contribution >= 0.6 is 0 Å². The second-order valence-electron chi connectivity index (χ2n) is 6.96. The van der Waals surface area contributed by atoms with Gasteiger partial charge in [0.15, 0.2) is 0 Å². The van der Waals surface area contributed by atoms with Crippen molar-refractivity contribution in [3.8, 4) is 22.5 Å². The molecule has 3 heterocycles. The van der Waals surface area contributed by atoms with E-state index in [4.69, 9.17) is 0 Å². The summed E-state index contributed by atoms with van der Waals surface area (Å²) in [5, 5.41) is 0. The van der Waals surface area contributed by atoms with Gasteiger partial charge in [0.1, 0.15) is 6.04 Å². The molecule has 1 atom stereocenters. The number of hydrogen-bond donors (Lipinski definition) is 0. The molecule has 1 aliphatic heterocycles. The first kappa shape index (κ1) is 27.5. The van der Waals surface area contributed by atoms with E-state index >= 15 is 0 Å². The number of benzene rings is 2. The molecule has 1 aliphatic rings. The van der Waals surface area contributed by atoms with Crippen LogP contribution in [0.2, 0.25) is 0 Å². The van der Waals surface area contributed by atoms with Crippen molar-refractivity contribution in [2.24, 2.45) is 9.98 Å². The maximum atomic E-state index is 4.22. The fourth-order valence-corrected chi connectivity index (χ4v) is 2.84. The molecule has 2 aromatic carbocycles. The molecule has 2 aromatic heterocycles. The van der Waals surface area contributed by atoms with Crippen molar-refractivity contribution < 1.29 is 20.1 Å². The van der Waals surface area contributed by atoms with Crippen LogP contribution in [0.15, 0.2) is 132 Å². The summed E-state index contributed by atoms with van der Waals surface area (Å²) in [6.07, 6.45) is 12.9. The molecule has 0 amide bonds. The molecule has 0 fully saturated rings. The Morgan fingerprint density at radius 3 is 1.77 bits per heavy atom. The maximum Gasteiger partial charge on any atom is 0.103 e. The molecule has 35 heavy (non-hydrogen) atoms. The molecular formula is C30H26IrN4-2. The third-order valence-electron chi connectivity index (χ3n) is 4.45. The van der Waals surface area contributed by atoms with Gasteiger partial charge < -0.3 is 9.97 Å². The van der Waals surface area contributed by atoms with Crippen LogP contribution in [0.3, 0.4) is 0 Å². The predicted molar refractivity (Wildman–Crippen MR) is 142 cm³/mol. The first-order valence-electron chi connectivity index (χ1n) is 10.9. The summed E-state index contributed by atoms with van der Waals surface area (Å²) in [4.78, 5) is 16.6. The smallest absolute Gasteiger partial charge is 0.103 e. The van der Waals surface area contributed by atoms with Gasteiger partial charge in [-0.2, -0.15) is 0 Å². The Hall–Kier alpha value is -3.79. The Bertz CT molecular complexity index is 1010. The topological polar surface area (TPSA) is 50.5 Å². The predicted octanol–water partition coefficient (Wildman–Crippen LogP) is 6.35. The summed E-state index contributed by atoms with van der Waals surface area (Å²) in [7, 11) is 0. The van der Waals surface area contributed by atoms with Crippen LogP contribution in [0, 0.1) is 12.1 Å². The largest absolute Gasteiger partial charge is 0.305 e. The third-order valence-corrected chi connectivity index (χ3v) is 4.45. The number of aromatic nitrogens is 2. The van der Waals surface area contributed by atoms with Crippen molar-refractivity contribution in [1.29, 1.82) is 0 Å². The van der Waals surface area contributed by atoms with Gasteiger partial charge in [-0.3, -0.25) is 9.98 Å².